The molecular formula is C13H10FNO2. The molecule has 0 aliphatic rings. The van der Waals surface area contributed by atoms with Gasteiger partial charge in [0.1, 0.15) is 23.5 Å². The largest absolute Gasteiger partial charge is 0.494 e. The zero-order chi connectivity index (χ0) is 12.3. The van der Waals surface area contributed by atoms with E-state index in [-0.39, 0.29) is 5.56 Å². The molecule has 1 aromatic carbocycles. The minimum Gasteiger partial charge on any atom is -0.494 e. The number of aldehydes is 1. The van der Waals surface area contributed by atoms with E-state index >= 15 is 0 Å². The van der Waals surface area contributed by atoms with Crippen LogP contribution in [0.2, 0.25) is 0 Å². The lowest BCUT2D eigenvalue weighted by molar-refractivity contribution is 0.112. The maximum atomic E-state index is 13.7. The van der Waals surface area contributed by atoms with Crippen LogP contribution in [0.5, 0.6) is 5.75 Å². The Balaban J connectivity index is 2.62. The van der Waals surface area contributed by atoms with Crippen LogP contribution in [0.25, 0.3) is 11.3 Å². The van der Waals surface area contributed by atoms with E-state index in [2.05, 4.69) is 4.98 Å². The number of halogens is 1. The molecule has 1 heterocycles. The molecule has 0 radical (unpaired) electrons. The molecule has 2 rings (SSSR count). The summed E-state index contributed by atoms with van der Waals surface area (Å²) in [5, 5.41) is 0. The molecule has 3 nitrogen and oxygen atoms in total. The first-order valence-corrected chi connectivity index (χ1v) is 5.00. The summed E-state index contributed by atoms with van der Waals surface area (Å²) in [6, 6.07) is 7.50. The molecule has 86 valence electrons. The Morgan fingerprint density at radius 3 is 2.88 bits per heavy atom. The third-order valence-electron chi connectivity index (χ3n) is 2.37. The van der Waals surface area contributed by atoms with Crippen molar-refractivity contribution >= 4 is 6.29 Å². The van der Waals surface area contributed by atoms with Crippen molar-refractivity contribution in [2.75, 3.05) is 7.11 Å². The number of nitrogens with zero attached hydrogens (tertiary/aromatic N) is 1. The normalized spacial score (nSPS) is 10.0. The van der Waals surface area contributed by atoms with Gasteiger partial charge in [-0.2, -0.15) is 0 Å². The fourth-order valence-corrected chi connectivity index (χ4v) is 1.56. The van der Waals surface area contributed by atoms with Crippen LogP contribution in [-0.4, -0.2) is 18.4 Å². The number of aromatic nitrogens is 1. The highest BCUT2D eigenvalue weighted by molar-refractivity contribution is 5.79. The number of methoxy groups -OCH3 is 1. The van der Waals surface area contributed by atoms with Crippen molar-refractivity contribution in [1.29, 1.82) is 0 Å². The van der Waals surface area contributed by atoms with Crippen LogP contribution in [-0.2, 0) is 0 Å². The maximum Gasteiger partial charge on any atom is 0.150 e. The molecule has 0 atom stereocenters. The lowest BCUT2D eigenvalue weighted by Gasteiger charge is -2.08. The summed E-state index contributed by atoms with van der Waals surface area (Å²) in [5.41, 5.74) is 1.04. The molecule has 0 bridgehead atoms. The molecule has 0 amide bonds. The molecule has 0 saturated heterocycles. The highest BCUT2D eigenvalue weighted by Crippen LogP contribution is 2.29. The van der Waals surface area contributed by atoms with Crippen molar-refractivity contribution in [1.82, 2.24) is 4.98 Å². The van der Waals surface area contributed by atoms with Crippen molar-refractivity contribution < 1.29 is 13.9 Å². The van der Waals surface area contributed by atoms with Crippen LogP contribution >= 0.6 is 0 Å². The van der Waals surface area contributed by atoms with E-state index in [0.717, 1.165) is 0 Å². The molecular weight excluding hydrogens is 221 g/mol. The Kier molecular flexibility index (Phi) is 3.14. The van der Waals surface area contributed by atoms with E-state index in [1.54, 1.807) is 18.3 Å². The summed E-state index contributed by atoms with van der Waals surface area (Å²) in [6.07, 6.45) is 2.21. The van der Waals surface area contributed by atoms with Gasteiger partial charge in [-0.25, -0.2) is 4.39 Å². The fraction of sp³-hybridized carbons (Fsp3) is 0.0769. The summed E-state index contributed by atoms with van der Waals surface area (Å²) in [7, 11) is 1.49. The number of ether oxygens (including phenoxy) is 1. The third-order valence-corrected chi connectivity index (χ3v) is 2.37. The SMILES string of the molecule is COc1cccnc1-c1cc(C=O)ccc1F. The molecule has 0 spiro atoms. The second kappa shape index (κ2) is 4.74. The number of rotatable bonds is 3. The molecule has 0 aliphatic heterocycles. The second-order valence-electron chi connectivity index (χ2n) is 3.41. The van der Waals surface area contributed by atoms with Gasteiger partial charge < -0.3 is 4.74 Å². The van der Waals surface area contributed by atoms with Gasteiger partial charge in [-0.05, 0) is 30.3 Å². The van der Waals surface area contributed by atoms with E-state index in [1.807, 2.05) is 0 Å². The molecule has 1 aromatic heterocycles. The van der Waals surface area contributed by atoms with Crippen LogP contribution < -0.4 is 4.74 Å². The van der Waals surface area contributed by atoms with Crippen LogP contribution in [0, 0.1) is 5.82 Å². The minimum absolute atomic E-state index is 0.257. The van der Waals surface area contributed by atoms with Crippen molar-refractivity contribution in [3.8, 4) is 17.0 Å². The van der Waals surface area contributed by atoms with Crippen LogP contribution in [0.3, 0.4) is 0 Å². The van der Waals surface area contributed by atoms with Gasteiger partial charge in [-0.15, -0.1) is 0 Å². The molecule has 0 N–H and O–H groups in total. The van der Waals surface area contributed by atoms with Crippen LogP contribution in [0.1, 0.15) is 10.4 Å². The van der Waals surface area contributed by atoms with Gasteiger partial charge in [0, 0.05) is 17.3 Å². The minimum atomic E-state index is -0.437. The summed E-state index contributed by atoms with van der Waals surface area (Å²) < 4.78 is 18.8. The number of hydrogen-bond acceptors (Lipinski definition) is 3. The number of carbonyl (C=O) groups is 1. The van der Waals surface area contributed by atoms with Crippen molar-refractivity contribution in [2.45, 2.75) is 0 Å². The Labute approximate surface area is 97.9 Å². The average Bonchev–Trinajstić information content (AvgIpc) is 2.39. The number of carbonyl (C=O) groups excluding carboxylic acids is 1. The van der Waals surface area contributed by atoms with Gasteiger partial charge in [-0.3, -0.25) is 9.78 Å². The lowest BCUT2D eigenvalue weighted by Crippen LogP contribution is -1.94. The van der Waals surface area contributed by atoms with E-state index in [9.17, 15) is 9.18 Å². The Morgan fingerprint density at radius 1 is 1.35 bits per heavy atom. The standard InChI is InChI=1S/C13H10FNO2/c1-17-12-3-2-6-15-13(12)10-7-9(8-16)4-5-11(10)14/h2-8H,1H3. The smallest absolute Gasteiger partial charge is 0.150 e. The van der Waals surface area contributed by atoms with Crippen molar-refractivity contribution in [3.63, 3.8) is 0 Å². The zero-order valence-corrected chi connectivity index (χ0v) is 9.18. The summed E-state index contributed by atoms with van der Waals surface area (Å²) >= 11 is 0. The molecule has 4 heteroatoms. The summed E-state index contributed by atoms with van der Waals surface area (Å²) in [5.74, 6) is 0.0297. The van der Waals surface area contributed by atoms with Gasteiger partial charge >= 0.3 is 0 Å². The predicted octanol–water partition coefficient (Wildman–Crippen LogP) is 2.71. The van der Waals surface area contributed by atoms with E-state index < -0.39 is 5.82 Å². The highest BCUT2D eigenvalue weighted by atomic mass is 19.1. The highest BCUT2D eigenvalue weighted by Gasteiger charge is 2.12. The lowest BCUT2D eigenvalue weighted by atomic mass is 10.1. The monoisotopic (exact) mass is 231 g/mol. The number of hydrogen-bond donors (Lipinski definition) is 0. The summed E-state index contributed by atoms with van der Waals surface area (Å²) in [6.45, 7) is 0. The van der Waals surface area contributed by atoms with E-state index in [0.29, 0.717) is 23.3 Å². The Bertz CT molecular complexity index is 555. The Hall–Kier alpha value is -2.23. The maximum absolute atomic E-state index is 13.7. The topological polar surface area (TPSA) is 39.2 Å². The van der Waals surface area contributed by atoms with Gasteiger partial charge in [0.2, 0.25) is 0 Å². The van der Waals surface area contributed by atoms with Crippen LogP contribution in [0.15, 0.2) is 36.5 Å². The molecule has 0 fully saturated rings. The first kappa shape index (κ1) is 11.3. The fourth-order valence-electron chi connectivity index (χ4n) is 1.56. The van der Waals surface area contributed by atoms with Crippen molar-refractivity contribution in [3.05, 3.63) is 47.9 Å². The molecule has 17 heavy (non-hydrogen) atoms. The second-order valence-corrected chi connectivity index (χ2v) is 3.41. The molecule has 0 aliphatic carbocycles. The Morgan fingerprint density at radius 2 is 2.18 bits per heavy atom. The van der Waals surface area contributed by atoms with E-state index in [1.165, 1.54) is 25.3 Å². The predicted molar refractivity (Wildman–Crippen MR) is 61.6 cm³/mol. The van der Waals surface area contributed by atoms with Gasteiger partial charge in [0.05, 0.1) is 7.11 Å². The van der Waals surface area contributed by atoms with Gasteiger partial charge in [0.15, 0.2) is 0 Å². The molecule has 0 unspecified atom stereocenters. The summed E-state index contributed by atoms with van der Waals surface area (Å²) in [4.78, 5) is 14.8. The average molecular weight is 231 g/mol. The van der Waals surface area contributed by atoms with Gasteiger partial charge in [0.25, 0.3) is 0 Å². The number of benzene rings is 1. The zero-order valence-electron chi connectivity index (χ0n) is 9.18. The van der Waals surface area contributed by atoms with Crippen LogP contribution in [0.4, 0.5) is 4.39 Å². The van der Waals surface area contributed by atoms with Gasteiger partial charge in [-0.1, -0.05) is 0 Å². The quantitative estimate of drug-likeness (QED) is 0.762. The molecule has 0 saturated carbocycles. The first-order valence-electron chi connectivity index (χ1n) is 5.00. The molecule has 2 aromatic rings. The van der Waals surface area contributed by atoms with Crippen molar-refractivity contribution in [2.24, 2.45) is 0 Å². The first-order chi connectivity index (χ1) is 8.26. The number of pyridine rings is 1. The van der Waals surface area contributed by atoms with E-state index in [4.69, 9.17) is 4.74 Å². The third kappa shape index (κ3) is 2.15.